The molecular weight excluding hydrogens is 362 g/mol. The third kappa shape index (κ3) is 4.91. The van der Waals surface area contributed by atoms with Crippen molar-refractivity contribution in [3.8, 4) is 24.2 Å². The van der Waals surface area contributed by atoms with E-state index in [2.05, 4.69) is 22.3 Å². The number of hydrogen-bond acceptors (Lipinski definition) is 6. The van der Waals surface area contributed by atoms with Crippen LogP contribution in [0.3, 0.4) is 0 Å². The molecule has 2 unspecified atom stereocenters. The van der Waals surface area contributed by atoms with Crippen LogP contribution in [0.4, 0.5) is 0 Å². The third-order valence-electron chi connectivity index (χ3n) is 3.86. The van der Waals surface area contributed by atoms with Crippen LogP contribution in [0.5, 0.6) is 5.75 Å². The maximum Gasteiger partial charge on any atom is 0.273 e. The normalized spacial score (nSPS) is 13.9. The first-order valence-corrected chi connectivity index (χ1v) is 9.43. The summed E-state index contributed by atoms with van der Waals surface area (Å²) >= 11 is 1.23. The summed E-state index contributed by atoms with van der Waals surface area (Å²) in [6.07, 6.45) is 8.85. The molecule has 6 nitrogen and oxygen atoms in total. The summed E-state index contributed by atoms with van der Waals surface area (Å²) < 4.78 is 10.9. The molecule has 2 rings (SSSR count). The predicted molar refractivity (Wildman–Crippen MR) is 106 cm³/mol. The molecule has 1 amide bonds. The lowest BCUT2D eigenvalue weighted by atomic mass is 10.1. The fraction of sp³-hybridized carbons (Fsp3) is 0.350. The lowest BCUT2D eigenvalue weighted by Gasteiger charge is -2.25. The smallest absolute Gasteiger partial charge is 0.273 e. The number of fused-ring (bicyclic) bond motifs is 1. The molecular formula is C20H21N3O3S. The fourth-order valence-electron chi connectivity index (χ4n) is 2.59. The van der Waals surface area contributed by atoms with Crippen molar-refractivity contribution in [1.82, 2.24) is 10.3 Å². The number of aromatic nitrogens is 1. The van der Waals surface area contributed by atoms with Crippen LogP contribution >= 0.6 is 11.8 Å². The number of pyridine rings is 1. The molecule has 0 fully saturated rings. The van der Waals surface area contributed by atoms with Crippen LogP contribution < -0.4 is 10.1 Å². The second-order valence-electron chi connectivity index (χ2n) is 6.23. The van der Waals surface area contributed by atoms with E-state index in [1.54, 1.807) is 25.4 Å². The summed E-state index contributed by atoms with van der Waals surface area (Å²) in [5.74, 6) is 2.68. The molecule has 0 spiro atoms. The molecule has 1 aromatic carbocycles. The van der Waals surface area contributed by atoms with Gasteiger partial charge in [-0.05, 0) is 43.9 Å². The van der Waals surface area contributed by atoms with Crippen LogP contribution in [0.25, 0.3) is 10.9 Å². The van der Waals surface area contributed by atoms with Gasteiger partial charge >= 0.3 is 0 Å². The zero-order valence-electron chi connectivity index (χ0n) is 15.7. The second-order valence-corrected chi connectivity index (χ2v) is 7.13. The van der Waals surface area contributed by atoms with Gasteiger partial charge in [-0.25, -0.2) is 0 Å². The molecule has 27 heavy (non-hydrogen) atoms. The third-order valence-corrected chi connectivity index (χ3v) is 4.60. The van der Waals surface area contributed by atoms with Gasteiger partial charge in [-0.3, -0.25) is 9.78 Å². The van der Waals surface area contributed by atoms with Gasteiger partial charge in [0, 0.05) is 24.3 Å². The highest BCUT2D eigenvalue weighted by Crippen LogP contribution is 2.26. The number of nitrogens with zero attached hydrogens (tertiary/aromatic N) is 2. The molecule has 0 saturated carbocycles. The zero-order valence-corrected chi connectivity index (χ0v) is 16.5. The van der Waals surface area contributed by atoms with Gasteiger partial charge in [0.1, 0.15) is 11.3 Å². The first kappa shape index (κ1) is 20.6. The van der Waals surface area contributed by atoms with Crippen LogP contribution in [0, 0.1) is 30.6 Å². The topological polar surface area (TPSA) is 84.2 Å². The van der Waals surface area contributed by atoms with E-state index in [1.165, 1.54) is 18.9 Å². The highest BCUT2D eigenvalue weighted by atomic mass is 32.2. The van der Waals surface area contributed by atoms with Gasteiger partial charge in [0.25, 0.3) is 5.91 Å². The van der Waals surface area contributed by atoms with Gasteiger partial charge in [-0.15, -0.1) is 18.2 Å². The van der Waals surface area contributed by atoms with Gasteiger partial charge < -0.3 is 14.8 Å². The Balaban J connectivity index is 2.26. The molecule has 0 radical (unpaired) electrons. The van der Waals surface area contributed by atoms with Crippen LogP contribution in [0.2, 0.25) is 0 Å². The number of amides is 1. The van der Waals surface area contributed by atoms with Crippen LogP contribution in [-0.2, 0) is 9.53 Å². The first-order chi connectivity index (χ1) is 12.9. The quantitative estimate of drug-likeness (QED) is 0.584. The average molecular weight is 383 g/mol. The van der Waals surface area contributed by atoms with E-state index in [-0.39, 0.29) is 6.61 Å². The molecule has 0 bridgehead atoms. The number of rotatable bonds is 7. The number of hydrogen-bond donors (Lipinski definition) is 1. The predicted octanol–water partition coefficient (Wildman–Crippen LogP) is 2.64. The summed E-state index contributed by atoms with van der Waals surface area (Å²) in [6, 6.07) is 7.52. The van der Waals surface area contributed by atoms with E-state index in [0.717, 1.165) is 16.5 Å². The monoisotopic (exact) mass is 383 g/mol. The van der Waals surface area contributed by atoms with Crippen molar-refractivity contribution in [3.05, 3.63) is 35.5 Å². The number of carbonyl (C=O) groups is 1. The number of methoxy groups -OCH3 is 1. The molecule has 0 aliphatic carbocycles. The first-order valence-electron chi connectivity index (χ1n) is 8.14. The van der Waals surface area contributed by atoms with E-state index in [9.17, 15) is 10.1 Å². The van der Waals surface area contributed by atoms with Crippen molar-refractivity contribution in [2.75, 3.05) is 20.0 Å². The highest BCUT2D eigenvalue weighted by molar-refractivity contribution is 7.99. The van der Waals surface area contributed by atoms with E-state index in [0.29, 0.717) is 11.3 Å². The standard InChI is InChI=1S/C20H21N3O3S/c1-6-14-8-15-9-16(7-13(2)17(15)22-10-14)26-19(27-5)18(24)23-20(3,11-21)12-25-4/h1,7-10,19H,12H2,2-5H3,(H,23,24). The van der Waals surface area contributed by atoms with Gasteiger partial charge in [0.2, 0.25) is 5.44 Å². The Kier molecular flexibility index (Phi) is 6.68. The van der Waals surface area contributed by atoms with Gasteiger partial charge in [-0.1, -0.05) is 5.92 Å². The Labute approximate surface area is 163 Å². The van der Waals surface area contributed by atoms with Crippen molar-refractivity contribution in [2.45, 2.75) is 24.8 Å². The van der Waals surface area contributed by atoms with Gasteiger partial charge in [-0.2, -0.15) is 5.26 Å². The van der Waals surface area contributed by atoms with Gasteiger partial charge in [0.15, 0.2) is 0 Å². The summed E-state index contributed by atoms with van der Waals surface area (Å²) in [6.45, 7) is 3.59. The molecule has 1 heterocycles. The minimum atomic E-state index is -1.13. The molecule has 7 heteroatoms. The van der Waals surface area contributed by atoms with Crippen molar-refractivity contribution >= 4 is 28.6 Å². The molecule has 0 saturated heterocycles. The number of ether oxygens (including phenoxy) is 2. The second kappa shape index (κ2) is 8.77. The van der Waals surface area contributed by atoms with Crippen molar-refractivity contribution in [3.63, 3.8) is 0 Å². The molecule has 0 aliphatic rings. The Morgan fingerprint density at radius 2 is 2.22 bits per heavy atom. The lowest BCUT2D eigenvalue weighted by molar-refractivity contribution is -0.126. The highest BCUT2D eigenvalue weighted by Gasteiger charge is 2.30. The number of carbonyl (C=O) groups excluding carboxylic acids is 1. The SMILES string of the molecule is C#Cc1cnc2c(C)cc(OC(SC)C(=O)NC(C)(C#N)COC)cc2c1. The number of benzene rings is 1. The summed E-state index contributed by atoms with van der Waals surface area (Å²) in [4.78, 5) is 16.9. The minimum Gasteiger partial charge on any atom is -0.470 e. The maximum absolute atomic E-state index is 12.6. The number of nitrogens with one attached hydrogen (secondary N) is 1. The number of terminal acetylenes is 1. The average Bonchev–Trinajstić information content (AvgIpc) is 2.65. The number of aryl methyl sites for hydroxylation is 1. The summed E-state index contributed by atoms with van der Waals surface area (Å²) in [5, 5.41) is 12.8. The Morgan fingerprint density at radius 3 is 2.81 bits per heavy atom. The Bertz CT molecular complexity index is 932. The van der Waals surface area contributed by atoms with E-state index < -0.39 is 16.9 Å². The fourth-order valence-corrected chi connectivity index (χ4v) is 3.07. The van der Waals surface area contributed by atoms with Crippen LogP contribution in [-0.4, -0.2) is 41.8 Å². The van der Waals surface area contributed by atoms with Gasteiger partial charge in [0.05, 0.1) is 18.2 Å². The Morgan fingerprint density at radius 1 is 1.48 bits per heavy atom. The lowest BCUT2D eigenvalue weighted by Crippen LogP contribution is -2.52. The van der Waals surface area contributed by atoms with Crippen molar-refractivity contribution < 1.29 is 14.3 Å². The molecule has 140 valence electrons. The molecule has 2 atom stereocenters. The molecule has 1 aromatic heterocycles. The van der Waals surface area contributed by atoms with E-state index >= 15 is 0 Å². The van der Waals surface area contributed by atoms with E-state index in [4.69, 9.17) is 15.9 Å². The molecule has 0 aliphatic heterocycles. The minimum absolute atomic E-state index is 0.0754. The van der Waals surface area contributed by atoms with Crippen molar-refractivity contribution in [1.29, 1.82) is 5.26 Å². The van der Waals surface area contributed by atoms with Crippen molar-refractivity contribution in [2.24, 2.45) is 0 Å². The van der Waals surface area contributed by atoms with Crippen LogP contribution in [0.15, 0.2) is 24.4 Å². The largest absolute Gasteiger partial charge is 0.470 e. The van der Waals surface area contributed by atoms with E-state index in [1.807, 2.05) is 19.1 Å². The molecule has 1 N–H and O–H groups in total. The van der Waals surface area contributed by atoms with Crippen LogP contribution in [0.1, 0.15) is 18.1 Å². The Hall–Kier alpha value is -2.74. The zero-order chi connectivity index (χ0) is 20.0. The maximum atomic E-state index is 12.6. The summed E-state index contributed by atoms with van der Waals surface area (Å²) in [5.41, 5.74) is 0.447. The number of nitriles is 1. The number of thioether (sulfide) groups is 1. The molecule has 2 aromatic rings. The summed E-state index contributed by atoms with van der Waals surface area (Å²) in [7, 11) is 1.47.